The van der Waals surface area contributed by atoms with Crippen LogP contribution in [-0.2, 0) is 0 Å². The Labute approximate surface area is 140 Å². The van der Waals surface area contributed by atoms with E-state index in [1.54, 1.807) is 18.2 Å². The molecule has 0 radical (unpaired) electrons. The Balaban J connectivity index is 1.71. The lowest BCUT2D eigenvalue weighted by atomic mass is 10.1. The van der Waals surface area contributed by atoms with Crippen molar-refractivity contribution in [1.82, 2.24) is 19.7 Å². The summed E-state index contributed by atoms with van der Waals surface area (Å²) in [7, 11) is 0. The van der Waals surface area contributed by atoms with Crippen LogP contribution < -0.4 is 4.74 Å². The zero-order chi connectivity index (χ0) is 17.4. The molecule has 0 amide bonds. The van der Waals surface area contributed by atoms with Gasteiger partial charge in [-0.3, -0.25) is 0 Å². The first-order valence-electron chi connectivity index (χ1n) is 7.33. The number of hydrogen-bond acceptors (Lipinski definition) is 5. The first-order chi connectivity index (χ1) is 12.1. The number of nitrogens with zero attached hydrogens (tertiary/aromatic N) is 3. The SMILES string of the molecule is O=C(O)Oc1cnn(-c2nc3cc(-c4cccc(O)c4)ccc3[nH]2)c1. The average molecular weight is 336 g/mol. The molecule has 0 fully saturated rings. The molecule has 0 aliphatic heterocycles. The van der Waals surface area contributed by atoms with Gasteiger partial charge in [0.1, 0.15) is 5.75 Å². The zero-order valence-electron chi connectivity index (χ0n) is 12.7. The fraction of sp³-hybridized carbons (Fsp3) is 0. The summed E-state index contributed by atoms with van der Waals surface area (Å²) in [4.78, 5) is 18.1. The van der Waals surface area contributed by atoms with E-state index in [1.807, 2.05) is 24.3 Å². The topological polar surface area (TPSA) is 113 Å². The molecule has 0 bridgehead atoms. The summed E-state index contributed by atoms with van der Waals surface area (Å²) >= 11 is 0. The van der Waals surface area contributed by atoms with Gasteiger partial charge >= 0.3 is 6.16 Å². The number of nitrogens with one attached hydrogen (secondary N) is 1. The van der Waals surface area contributed by atoms with Gasteiger partial charge in [0.05, 0.1) is 23.4 Å². The molecule has 4 aromatic rings. The van der Waals surface area contributed by atoms with Gasteiger partial charge in [0.2, 0.25) is 5.95 Å². The molecule has 8 heteroatoms. The number of imidazole rings is 1. The van der Waals surface area contributed by atoms with Crippen molar-refractivity contribution in [3.63, 3.8) is 0 Å². The lowest BCUT2D eigenvalue weighted by Gasteiger charge is -2.01. The smallest absolute Gasteiger partial charge is 0.508 e. The van der Waals surface area contributed by atoms with Crippen molar-refractivity contribution in [2.24, 2.45) is 0 Å². The fourth-order valence-corrected chi connectivity index (χ4v) is 2.54. The van der Waals surface area contributed by atoms with Crippen LogP contribution in [0, 0.1) is 0 Å². The minimum atomic E-state index is -1.40. The van der Waals surface area contributed by atoms with Gasteiger partial charge in [-0.25, -0.2) is 14.5 Å². The van der Waals surface area contributed by atoms with Crippen LogP contribution in [-0.4, -0.2) is 36.1 Å². The molecule has 0 aliphatic carbocycles. The molecule has 8 nitrogen and oxygen atoms in total. The molecule has 0 aliphatic rings. The number of phenolic OH excluding ortho intramolecular Hbond substituents is 1. The van der Waals surface area contributed by atoms with Gasteiger partial charge in [-0.05, 0) is 35.4 Å². The van der Waals surface area contributed by atoms with E-state index in [0.717, 1.165) is 16.6 Å². The highest BCUT2D eigenvalue weighted by atomic mass is 16.7. The second-order valence-corrected chi connectivity index (χ2v) is 5.33. The first-order valence-corrected chi connectivity index (χ1v) is 7.33. The van der Waals surface area contributed by atoms with Gasteiger partial charge in [-0.15, -0.1) is 0 Å². The Hall–Kier alpha value is -3.81. The Morgan fingerprint density at radius 1 is 1.16 bits per heavy atom. The number of H-pyrrole nitrogens is 1. The predicted molar refractivity (Wildman–Crippen MR) is 89.0 cm³/mol. The Morgan fingerprint density at radius 3 is 2.80 bits per heavy atom. The summed E-state index contributed by atoms with van der Waals surface area (Å²) in [5, 5.41) is 22.3. The standard InChI is InChI=1S/C17H12N4O4/c22-12-3-1-2-10(6-12)11-4-5-14-15(7-11)20-16(19-14)21-9-13(8-18-21)25-17(23)24/h1-9,22H,(H,19,20)(H,23,24). The van der Waals surface area contributed by atoms with Crippen LogP contribution in [0.15, 0.2) is 54.9 Å². The summed E-state index contributed by atoms with van der Waals surface area (Å²) in [5.74, 6) is 0.736. The van der Waals surface area contributed by atoms with E-state index < -0.39 is 6.16 Å². The number of aromatic amines is 1. The van der Waals surface area contributed by atoms with Gasteiger partial charge < -0.3 is 19.9 Å². The van der Waals surface area contributed by atoms with Gasteiger partial charge in [0.15, 0.2) is 5.75 Å². The normalized spacial score (nSPS) is 10.9. The highest BCUT2D eigenvalue weighted by Gasteiger charge is 2.10. The fourth-order valence-electron chi connectivity index (χ4n) is 2.54. The van der Waals surface area contributed by atoms with Gasteiger partial charge in [0, 0.05) is 0 Å². The van der Waals surface area contributed by atoms with E-state index in [-0.39, 0.29) is 11.5 Å². The number of rotatable bonds is 3. The molecule has 0 spiro atoms. The van der Waals surface area contributed by atoms with Crippen LogP contribution in [0.5, 0.6) is 11.5 Å². The molecule has 3 N–H and O–H groups in total. The third kappa shape index (κ3) is 2.88. The third-order valence-electron chi connectivity index (χ3n) is 3.63. The Bertz CT molecular complexity index is 1080. The number of aromatic nitrogens is 4. The number of benzene rings is 2. The van der Waals surface area contributed by atoms with Gasteiger partial charge in [0.25, 0.3) is 0 Å². The molecule has 2 heterocycles. The van der Waals surface area contributed by atoms with E-state index in [1.165, 1.54) is 17.1 Å². The van der Waals surface area contributed by atoms with Crippen molar-refractivity contribution in [3.05, 3.63) is 54.9 Å². The van der Waals surface area contributed by atoms with E-state index in [9.17, 15) is 9.90 Å². The Morgan fingerprint density at radius 2 is 2.00 bits per heavy atom. The molecule has 4 rings (SSSR count). The summed E-state index contributed by atoms with van der Waals surface area (Å²) < 4.78 is 5.94. The maximum atomic E-state index is 10.6. The predicted octanol–water partition coefficient (Wildman–Crippen LogP) is 3.18. The monoisotopic (exact) mass is 336 g/mol. The summed E-state index contributed by atoms with van der Waals surface area (Å²) in [5.41, 5.74) is 3.31. The molecule has 25 heavy (non-hydrogen) atoms. The van der Waals surface area contributed by atoms with Crippen molar-refractivity contribution < 1.29 is 19.7 Å². The van der Waals surface area contributed by atoms with E-state index in [0.29, 0.717) is 11.5 Å². The van der Waals surface area contributed by atoms with Crippen LogP contribution in [0.3, 0.4) is 0 Å². The molecule has 2 aromatic heterocycles. The minimum absolute atomic E-state index is 0.105. The summed E-state index contributed by atoms with van der Waals surface area (Å²) in [6, 6.07) is 12.7. The van der Waals surface area contributed by atoms with Crippen molar-refractivity contribution in [2.75, 3.05) is 0 Å². The number of aromatic hydroxyl groups is 1. The van der Waals surface area contributed by atoms with Crippen LogP contribution in [0.25, 0.3) is 28.1 Å². The molecular weight excluding hydrogens is 324 g/mol. The second-order valence-electron chi connectivity index (χ2n) is 5.33. The van der Waals surface area contributed by atoms with Gasteiger partial charge in [-0.1, -0.05) is 18.2 Å². The molecule has 0 saturated carbocycles. The van der Waals surface area contributed by atoms with Crippen LogP contribution in [0.1, 0.15) is 0 Å². The second kappa shape index (κ2) is 5.68. The van der Waals surface area contributed by atoms with E-state index >= 15 is 0 Å². The number of carbonyl (C=O) groups is 1. The number of fused-ring (bicyclic) bond motifs is 1. The van der Waals surface area contributed by atoms with Crippen molar-refractivity contribution in [3.8, 4) is 28.6 Å². The molecule has 2 aromatic carbocycles. The maximum Gasteiger partial charge on any atom is 0.511 e. The molecular formula is C17H12N4O4. The maximum absolute atomic E-state index is 10.6. The van der Waals surface area contributed by atoms with Crippen LogP contribution in [0.2, 0.25) is 0 Å². The number of hydrogen-bond donors (Lipinski definition) is 3. The molecule has 0 atom stereocenters. The lowest BCUT2D eigenvalue weighted by Crippen LogP contribution is -2.02. The summed E-state index contributed by atoms with van der Waals surface area (Å²) in [6.45, 7) is 0. The number of carboxylic acid groups (broad SMARTS) is 1. The third-order valence-corrected chi connectivity index (χ3v) is 3.63. The van der Waals surface area contributed by atoms with Crippen molar-refractivity contribution in [2.45, 2.75) is 0 Å². The lowest BCUT2D eigenvalue weighted by molar-refractivity contribution is 0.144. The van der Waals surface area contributed by atoms with Crippen LogP contribution in [0.4, 0.5) is 4.79 Å². The zero-order valence-corrected chi connectivity index (χ0v) is 12.7. The highest BCUT2D eigenvalue weighted by Crippen LogP contribution is 2.26. The minimum Gasteiger partial charge on any atom is -0.508 e. The van der Waals surface area contributed by atoms with Crippen molar-refractivity contribution in [1.29, 1.82) is 0 Å². The molecule has 124 valence electrons. The molecule has 0 saturated heterocycles. The number of ether oxygens (including phenoxy) is 1. The quantitative estimate of drug-likeness (QED) is 0.495. The largest absolute Gasteiger partial charge is 0.511 e. The highest BCUT2D eigenvalue weighted by molar-refractivity contribution is 5.83. The van der Waals surface area contributed by atoms with Gasteiger partial charge in [-0.2, -0.15) is 5.10 Å². The first kappa shape index (κ1) is 14.8. The molecule has 0 unspecified atom stereocenters. The van der Waals surface area contributed by atoms with E-state index in [2.05, 4.69) is 19.8 Å². The van der Waals surface area contributed by atoms with Crippen LogP contribution >= 0.6 is 0 Å². The van der Waals surface area contributed by atoms with E-state index in [4.69, 9.17) is 5.11 Å². The Kier molecular flexibility index (Phi) is 3.35. The average Bonchev–Trinajstić information content (AvgIpc) is 3.19. The number of phenols is 1. The summed E-state index contributed by atoms with van der Waals surface area (Å²) in [6.07, 6.45) is 1.31. The van der Waals surface area contributed by atoms with Crippen molar-refractivity contribution >= 4 is 17.2 Å².